The fraction of sp³-hybridized carbons (Fsp3) is 0.350. The molecule has 2 heterocycles. The van der Waals surface area contributed by atoms with E-state index in [1.165, 1.54) is 11.3 Å². The number of nitrogens with zero attached hydrogens (tertiary/aromatic N) is 2. The Bertz CT molecular complexity index is 1110. The highest BCUT2D eigenvalue weighted by Gasteiger charge is 2.27. The summed E-state index contributed by atoms with van der Waals surface area (Å²) in [5.74, 6) is 1.07. The van der Waals surface area contributed by atoms with Crippen molar-refractivity contribution in [3.8, 4) is 11.5 Å². The lowest BCUT2D eigenvalue weighted by atomic mass is 10.1. The number of hydrogen-bond donors (Lipinski definition) is 1. The average Bonchev–Trinajstić information content (AvgIpc) is 3.48. The molecule has 1 aromatic carbocycles. The summed E-state index contributed by atoms with van der Waals surface area (Å²) >= 11 is 1.33. The second-order valence-corrected chi connectivity index (χ2v) is 7.98. The number of rotatable bonds is 6. The maximum Gasteiger partial charge on any atom is 0.271 e. The largest absolute Gasteiger partial charge is 0.497 e. The van der Waals surface area contributed by atoms with E-state index in [0.29, 0.717) is 33.8 Å². The van der Waals surface area contributed by atoms with Gasteiger partial charge in [-0.2, -0.15) is 0 Å². The Morgan fingerprint density at radius 1 is 1.32 bits per heavy atom. The van der Waals surface area contributed by atoms with Crippen molar-refractivity contribution in [2.75, 3.05) is 14.2 Å². The molecule has 7 nitrogen and oxygen atoms in total. The number of carbonyl (C=O) groups is 1. The van der Waals surface area contributed by atoms with Crippen LogP contribution in [-0.2, 0) is 6.54 Å². The molecule has 0 atom stereocenters. The molecule has 0 spiro atoms. The van der Waals surface area contributed by atoms with Crippen molar-refractivity contribution >= 4 is 27.5 Å². The standard InChI is InChI=1S/C20H21N3O4S/c1-11-16(17-18(28-11)20(25)23(10-22-17)13-5-6-13)19(24)21-9-12-4-7-14(26-2)8-15(12)27-3/h4,7-8,10,13H,5-6,9H2,1-3H3,(H,21,24). The molecule has 1 aliphatic carbocycles. The zero-order valence-electron chi connectivity index (χ0n) is 15.9. The summed E-state index contributed by atoms with van der Waals surface area (Å²) in [4.78, 5) is 30.8. The van der Waals surface area contributed by atoms with Gasteiger partial charge < -0.3 is 14.8 Å². The highest BCUT2D eigenvalue weighted by atomic mass is 32.1. The van der Waals surface area contributed by atoms with Gasteiger partial charge >= 0.3 is 0 Å². The molecular weight excluding hydrogens is 378 g/mol. The van der Waals surface area contributed by atoms with Crippen molar-refractivity contribution in [1.29, 1.82) is 0 Å². The van der Waals surface area contributed by atoms with Crippen LogP contribution < -0.4 is 20.3 Å². The normalized spacial score (nSPS) is 13.5. The predicted molar refractivity (Wildman–Crippen MR) is 108 cm³/mol. The lowest BCUT2D eigenvalue weighted by Crippen LogP contribution is -2.24. The van der Waals surface area contributed by atoms with Gasteiger partial charge in [-0.1, -0.05) is 0 Å². The van der Waals surface area contributed by atoms with E-state index in [4.69, 9.17) is 9.47 Å². The second-order valence-electron chi connectivity index (χ2n) is 6.76. The summed E-state index contributed by atoms with van der Waals surface area (Å²) < 4.78 is 12.8. The zero-order chi connectivity index (χ0) is 19.8. The summed E-state index contributed by atoms with van der Waals surface area (Å²) in [6.07, 6.45) is 3.58. The highest BCUT2D eigenvalue weighted by Crippen LogP contribution is 2.34. The molecule has 1 N–H and O–H groups in total. The molecule has 1 fully saturated rings. The molecule has 8 heteroatoms. The van der Waals surface area contributed by atoms with E-state index in [1.54, 1.807) is 31.2 Å². The van der Waals surface area contributed by atoms with Gasteiger partial charge in [0.15, 0.2) is 0 Å². The van der Waals surface area contributed by atoms with Crippen LogP contribution in [0.1, 0.15) is 39.7 Å². The van der Waals surface area contributed by atoms with Gasteiger partial charge in [0, 0.05) is 29.1 Å². The molecule has 0 bridgehead atoms. The number of carbonyl (C=O) groups excluding carboxylic acids is 1. The minimum Gasteiger partial charge on any atom is -0.497 e. The minimum absolute atomic E-state index is 0.0588. The number of fused-ring (bicyclic) bond motifs is 1. The zero-order valence-corrected chi connectivity index (χ0v) is 16.8. The third-order valence-corrected chi connectivity index (χ3v) is 5.98. The molecule has 2 aromatic heterocycles. The van der Waals surface area contributed by atoms with Gasteiger partial charge in [0.05, 0.1) is 26.1 Å². The van der Waals surface area contributed by atoms with E-state index in [9.17, 15) is 9.59 Å². The van der Waals surface area contributed by atoms with E-state index in [-0.39, 0.29) is 17.5 Å². The lowest BCUT2D eigenvalue weighted by Gasteiger charge is -2.11. The molecule has 28 heavy (non-hydrogen) atoms. The maximum absolute atomic E-state index is 12.9. The summed E-state index contributed by atoms with van der Waals surface area (Å²) in [6.45, 7) is 2.14. The lowest BCUT2D eigenvalue weighted by molar-refractivity contribution is 0.0952. The molecule has 1 aliphatic rings. The molecule has 0 radical (unpaired) electrons. The number of benzene rings is 1. The molecule has 146 valence electrons. The SMILES string of the molecule is COc1ccc(CNC(=O)c2c(C)sc3c(=O)n(C4CC4)cnc23)c(OC)c1. The third kappa shape index (κ3) is 3.24. The van der Waals surface area contributed by atoms with Gasteiger partial charge in [0.25, 0.3) is 11.5 Å². The van der Waals surface area contributed by atoms with Gasteiger partial charge in [0.2, 0.25) is 0 Å². The number of ether oxygens (including phenoxy) is 2. The molecule has 0 unspecified atom stereocenters. The van der Waals surface area contributed by atoms with E-state index >= 15 is 0 Å². The average molecular weight is 399 g/mol. The van der Waals surface area contributed by atoms with E-state index in [2.05, 4.69) is 10.3 Å². The Balaban J connectivity index is 1.60. The molecule has 1 saturated carbocycles. The Morgan fingerprint density at radius 3 is 2.79 bits per heavy atom. The van der Waals surface area contributed by atoms with Crippen LogP contribution >= 0.6 is 11.3 Å². The van der Waals surface area contributed by atoms with E-state index < -0.39 is 0 Å². The summed E-state index contributed by atoms with van der Waals surface area (Å²) in [5.41, 5.74) is 1.71. The first kappa shape index (κ1) is 18.5. The first-order valence-corrected chi connectivity index (χ1v) is 9.84. The molecular formula is C20H21N3O4S. The van der Waals surface area contributed by atoms with Crippen molar-refractivity contribution in [2.24, 2.45) is 0 Å². The number of amides is 1. The molecule has 0 saturated heterocycles. The highest BCUT2D eigenvalue weighted by molar-refractivity contribution is 7.19. The fourth-order valence-corrected chi connectivity index (χ4v) is 4.27. The second kappa shape index (κ2) is 7.27. The first-order chi connectivity index (χ1) is 13.5. The Hall–Kier alpha value is -2.87. The first-order valence-electron chi connectivity index (χ1n) is 9.02. The van der Waals surface area contributed by atoms with Crippen molar-refractivity contribution in [1.82, 2.24) is 14.9 Å². The molecule has 4 rings (SSSR count). The molecule has 3 aromatic rings. The van der Waals surface area contributed by atoms with Gasteiger partial charge in [-0.05, 0) is 31.9 Å². The van der Waals surface area contributed by atoms with Crippen LogP contribution in [0, 0.1) is 6.92 Å². The molecule has 1 amide bonds. The van der Waals surface area contributed by atoms with E-state index in [1.807, 2.05) is 19.1 Å². The monoisotopic (exact) mass is 399 g/mol. The van der Waals surface area contributed by atoms with Crippen LogP contribution in [0.25, 0.3) is 10.2 Å². The van der Waals surface area contributed by atoms with Gasteiger partial charge in [-0.15, -0.1) is 11.3 Å². The minimum atomic E-state index is -0.252. The van der Waals surface area contributed by atoms with Crippen LogP contribution in [-0.4, -0.2) is 29.7 Å². The van der Waals surface area contributed by atoms with Crippen LogP contribution in [0.2, 0.25) is 0 Å². The van der Waals surface area contributed by atoms with Gasteiger partial charge in [0.1, 0.15) is 21.7 Å². The van der Waals surface area contributed by atoms with Crippen LogP contribution in [0.4, 0.5) is 0 Å². The Kier molecular flexibility index (Phi) is 4.80. The van der Waals surface area contributed by atoms with Crippen LogP contribution in [0.3, 0.4) is 0 Å². The maximum atomic E-state index is 12.9. The number of methoxy groups -OCH3 is 2. The summed E-state index contributed by atoms with van der Waals surface area (Å²) in [6, 6.07) is 5.70. The van der Waals surface area contributed by atoms with Crippen molar-refractivity contribution in [3.63, 3.8) is 0 Å². The van der Waals surface area contributed by atoms with Crippen molar-refractivity contribution < 1.29 is 14.3 Å². The van der Waals surface area contributed by atoms with Crippen LogP contribution in [0.5, 0.6) is 11.5 Å². The van der Waals surface area contributed by atoms with Gasteiger partial charge in [-0.3, -0.25) is 14.2 Å². The van der Waals surface area contributed by atoms with Crippen LogP contribution in [0.15, 0.2) is 29.3 Å². The smallest absolute Gasteiger partial charge is 0.271 e. The number of hydrogen-bond acceptors (Lipinski definition) is 6. The number of thiophene rings is 1. The summed E-state index contributed by atoms with van der Waals surface area (Å²) in [5, 5.41) is 2.91. The van der Waals surface area contributed by atoms with Crippen molar-refractivity contribution in [3.05, 3.63) is 50.9 Å². The third-order valence-electron chi connectivity index (χ3n) is 4.90. The number of nitrogens with one attached hydrogen (secondary N) is 1. The quantitative estimate of drug-likeness (QED) is 0.689. The number of aryl methyl sites for hydroxylation is 1. The topological polar surface area (TPSA) is 82.5 Å². The van der Waals surface area contributed by atoms with Gasteiger partial charge in [-0.25, -0.2) is 4.98 Å². The number of aromatic nitrogens is 2. The Morgan fingerprint density at radius 2 is 2.11 bits per heavy atom. The Labute approximate surface area is 165 Å². The van der Waals surface area contributed by atoms with Crippen molar-refractivity contribution in [2.45, 2.75) is 32.4 Å². The predicted octanol–water partition coefficient (Wildman–Crippen LogP) is 3.05. The fourth-order valence-electron chi connectivity index (χ4n) is 3.23. The van der Waals surface area contributed by atoms with E-state index in [0.717, 1.165) is 23.3 Å². The molecule has 0 aliphatic heterocycles. The summed E-state index contributed by atoms with van der Waals surface area (Å²) in [7, 11) is 3.16.